The van der Waals surface area contributed by atoms with Crippen LogP contribution in [0.25, 0.3) is 0 Å². The van der Waals surface area contributed by atoms with E-state index >= 15 is 0 Å². The summed E-state index contributed by atoms with van der Waals surface area (Å²) in [5.74, 6) is -0.750. The Labute approximate surface area is 79.0 Å². The Morgan fingerprint density at radius 2 is 1.42 bits per heavy atom. The molecule has 0 N–H and O–H groups in total. The molecule has 0 aliphatic rings. The second-order valence-corrected chi connectivity index (χ2v) is 6.10. The number of carbonyl (C=O) groups excluding carboxylic acids is 2. The van der Waals surface area contributed by atoms with Crippen LogP contribution in [0.4, 0.5) is 0 Å². The molecule has 0 bridgehead atoms. The van der Waals surface area contributed by atoms with Gasteiger partial charge in [-0.25, -0.2) is 0 Å². The SMILES string of the molecule is CC(=O)[O][Ti]([O]C(C)=O)[CH](C)C. The molecule has 5 heteroatoms. The summed E-state index contributed by atoms with van der Waals surface area (Å²) in [5.41, 5.74) is 0. The van der Waals surface area contributed by atoms with Gasteiger partial charge in [-0.05, 0) is 0 Å². The summed E-state index contributed by atoms with van der Waals surface area (Å²) in [7, 11) is 0. The van der Waals surface area contributed by atoms with Crippen LogP contribution in [0.2, 0.25) is 4.22 Å². The van der Waals surface area contributed by atoms with E-state index in [1.807, 2.05) is 13.8 Å². The zero-order valence-corrected chi connectivity index (χ0v) is 9.27. The van der Waals surface area contributed by atoms with Crippen molar-refractivity contribution >= 4 is 11.9 Å². The van der Waals surface area contributed by atoms with E-state index in [0.717, 1.165) is 0 Å². The molecule has 0 radical (unpaired) electrons. The van der Waals surface area contributed by atoms with Crippen LogP contribution in [0.15, 0.2) is 0 Å². The molecule has 0 heterocycles. The van der Waals surface area contributed by atoms with Crippen LogP contribution < -0.4 is 0 Å². The van der Waals surface area contributed by atoms with E-state index in [4.69, 9.17) is 6.64 Å². The summed E-state index contributed by atoms with van der Waals surface area (Å²) in [6.45, 7) is 6.39. The summed E-state index contributed by atoms with van der Waals surface area (Å²) in [6, 6.07) is 0. The predicted octanol–water partition coefficient (Wildman–Crippen LogP) is 1.39. The molecule has 0 aliphatic heterocycles. The van der Waals surface area contributed by atoms with Crippen LogP contribution in [0, 0.1) is 0 Å². The minimum absolute atomic E-state index is 0.137. The van der Waals surface area contributed by atoms with Crippen molar-refractivity contribution in [2.24, 2.45) is 0 Å². The monoisotopic (exact) mass is 209 g/mol. The molecule has 0 amide bonds. The van der Waals surface area contributed by atoms with Crippen molar-refractivity contribution in [2.45, 2.75) is 31.9 Å². The number of carbonyl (C=O) groups is 2. The molecule has 0 fully saturated rings. The van der Waals surface area contributed by atoms with Crippen molar-refractivity contribution in [1.29, 1.82) is 0 Å². The first-order chi connectivity index (χ1) is 5.43. The van der Waals surface area contributed by atoms with Crippen LogP contribution in [-0.4, -0.2) is 11.9 Å². The Balaban J connectivity index is 4.04. The summed E-state index contributed by atoms with van der Waals surface area (Å²) in [4.78, 5) is 21.1. The third-order valence-electron chi connectivity index (χ3n) is 0.960. The fourth-order valence-corrected chi connectivity index (χ4v) is 2.23. The summed E-state index contributed by atoms with van der Waals surface area (Å²) in [6.07, 6.45) is 0. The van der Waals surface area contributed by atoms with Gasteiger partial charge in [0, 0.05) is 0 Å². The van der Waals surface area contributed by atoms with Gasteiger partial charge >= 0.3 is 78.7 Å². The zero-order valence-electron chi connectivity index (χ0n) is 7.71. The second-order valence-electron chi connectivity index (χ2n) is 2.66. The fraction of sp³-hybridized carbons (Fsp3) is 0.714. The van der Waals surface area contributed by atoms with Gasteiger partial charge in [-0.15, -0.1) is 0 Å². The number of hydrogen-bond acceptors (Lipinski definition) is 4. The van der Waals surface area contributed by atoms with Crippen LogP contribution in [0.1, 0.15) is 27.7 Å². The van der Waals surface area contributed by atoms with Crippen molar-refractivity contribution in [3.8, 4) is 0 Å². The maximum absolute atomic E-state index is 10.6. The molecule has 0 saturated heterocycles. The van der Waals surface area contributed by atoms with Gasteiger partial charge in [0.1, 0.15) is 0 Å². The molecule has 69 valence electrons. The van der Waals surface area contributed by atoms with Gasteiger partial charge in [0.25, 0.3) is 0 Å². The Morgan fingerprint density at radius 3 is 1.58 bits per heavy atom. The van der Waals surface area contributed by atoms with E-state index in [1.54, 1.807) is 0 Å². The van der Waals surface area contributed by atoms with Crippen molar-refractivity contribution in [3.63, 3.8) is 0 Å². The molecular weight excluding hydrogens is 196 g/mol. The third-order valence-corrected chi connectivity index (χ3v) is 3.96. The Morgan fingerprint density at radius 1 is 1.08 bits per heavy atom. The van der Waals surface area contributed by atoms with Crippen molar-refractivity contribution < 1.29 is 34.9 Å². The molecule has 0 aromatic carbocycles. The van der Waals surface area contributed by atoms with Gasteiger partial charge in [0.2, 0.25) is 0 Å². The van der Waals surface area contributed by atoms with E-state index in [2.05, 4.69) is 0 Å². The van der Waals surface area contributed by atoms with E-state index in [1.165, 1.54) is 13.8 Å². The van der Waals surface area contributed by atoms with E-state index < -0.39 is 18.6 Å². The second kappa shape index (κ2) is 5.33. The Hall–Kier alpha value is -0.346. The van der Waals surface area contributed by atoms with Gasteiger partial charge in [-0.1, -0.05) is 0 Å². The molecule has 0 rings (SSSR count). The molecule has 0 aliphatic carbocycles. The quantitative estimate of drug-likeness (QED) is 0.659. The molecule has 0 unspecified atom stereocenters. The molecule has 0 aromatic heterocycles. The first-order valence-corrected chi connectivity index (χ1v) is 5.84. The van der Waals surface area contributed by atoms with Crippen LogP contribution in [0.5, 0.6) is 0 Å². The standard InChI is InChI=1S/C3H7.2C2H4O2.Ti/c1-3-2;2*1-2(3)4;/h3H,1-2H3;2*1H3,(H,3,4);/q;;;+2/p-2. The van der Waals surface area contributed by atoms with Gasteiger partial charge in [0.15, 0.2) is 0 Å². The zero-order chi connectivity index (χ0) is 9.72. The number of rotatable bonds is 3. The molecule has 0 spiro atoms. The summed E-state index contributed by atoms with van der Waals surface area (Å²) in [5, 5.41) is 0. The summed E-state index contributed by atoms with van der Waals surface area (Å²) >= 11 is -2.39. The molecule has 0 atom stereocenters. The summed E-state index contributed by atoms with van der Waals surface area (Å²) < 4.78 is 9.95. The van der Waals surface area contributed by atoms with Gasteiger partial charge in [-0.2, -0.15) is 0 Å². The van der Waals surface area contributed by atoms with Gasteiger partial charge in [-0.3, -0.25) is 0 Å². The van der Waals surface area contributed by atoms with Gasteiger partial charge < -0.3 is 0 Å². The molecule has 4 nitrogen and oxygen atoms in total. The average molecular weight is 209 g/mol. The van der Waals surface area contributed by atoms with Crippen LogP contribution >= 0.6 is 0 Å². The minimum atomic E-state index is -2.39. The Bertz CT molecular complexity index is 162. The first kappa shape index (κ1) is 11.7. The number of hydrogen-bond donors (Lipinski definition) is 0. The van der Waals surface area contributed by atoms with Gasteiger partial charge in [0.05, 0.1) is 0 Å². The molecule has 12 heavy (non-hydrogen) atoms. The van der Waals surface area contributed by atoms with Crippen molar-refractivity contribution in [1.82, 2.24) is 0 Å². The maximum atomic E-state index is 10.6. The molecule has 0 aromatic rings. The van der Waals surface area contributed by atoms with E-state index in [-0.39, 0.29) is 16.2 Å². The van der Waals surface area contributed by atoms with Crippen LogP contribution in [-0.2, 0) is 34.9 Å². The topological polar surface area (TPSA) is 52.6 Å². The normalized spacial score (nSPS) is 9.42. The molecular formula is C7H13O4Ti. The van der Waals surface area contributed by atoms with E-state index in [0.29, 0.717) is 0 Å². The fourth-order valence-electron chi connectivity index (χ4n) is 0.540. The predicted molar refractivity (Wildman–Crippen MR) is 38.6 cm³/mol. The first-order valence-electron chi connectivity index (χ1n) is 3.67. The Kier molecular flexibility index (Phi) is 5.17. The third kappa shape index (κ3) is 5.32. The van der Waals surface area contributed by atoms with Crippen molar-refractivity contribution in [2.75, 3.05) is 0 Å². The van der Waals surface area contributed by atoms with Crippen LogP contribution in [0.3, 0.4) is 0 Å². The van der Waals surface area contributed by atoms with E-state index in [9.17, 15) is 9.59 Å². The van der Waals surface area contributed by atoms with Crippen molar-refractivity contribution in [3.05, 3.63) is 0 Å². The average Bonchev–Trinajstić information content (AvgIpc) is 1.83. The molecule has 0 saturated carbocycles.